The van der Waals surface area contributed by atoms with E-state index in [-0.39, 0.29) is 29.0 Å². The molecule has 2 saturated heterocycles. The molecule has 2 aliphatic heterocycles. The Morgan fingerprint density at radius 1 is 0.906 bits per heavy atom. The van der Waals surface area contributed by atoms with Crippen LogP contribution in [0.4, 0.5) is 4.39 Å². The van der Waals surface area contributed by atoms with Crippen LogP contribution in [0.3, 0.4) is 0 Å². The van der Waals surface area contributed by atoms with Crippen LogP contribution in [0.1, 0.15) is 31.2 Å². The van der Waals surface area contributed by atoms with Crippen molar-refractivity contribution in [3.63, 3.8) is 0 Å². The summed E-state index contributed by atoms with van der Waals surface area (Å²) in [6, 6.07) is 11.1. The molecule has 0 aromatic heterocycles. The number of benzene rings is 2. The number of nitrogens with zero attached hydrogens (tertiary/aromatic N) is 2. The fourth-order valence-corrected chi connectivity index (χ4v) is 7.04. The quantitative estimate of drug-likeness (QED) is 0.578. The van der Waals surface area contributed by atoms with E-state index >= 15 is 0 Å². The zero-order valence-electron chi connectivity index (χ0n) is 17.7. The molecule has 2 fully saturated rings. The van der Waals surface area contributed by atoms with Crippen molar-refractivity contribution in [3.05, 3.63) is 59.9 Å². The van der Waals surface area contributed by atoms with Gasteiger partial charge in [-0.2, -0.15) is 8.61 Å². The molecule has 0 amide bonds. The van der Waals surface area contributed by atoms with Gasteiger partial charge in [0.15, 0.2) is 0 Å². The summed E-state index contributed by atoms with van der Waals surface area (Å²) in [6.45, 7) is 1.80. The molecule has 2 aliphatic rings. The van der Waals surface area contributed by atoms with Gasteiger partial charge in [0.2, 0.25) is 20.0 Å². The van der Waals surface area contributed by atoms with Gasteiger partial charge < -0.3 is 4.74 Å². The maximum atomic E-state index is 13.4. The molecule has 0 aliphatic carbocycles. The molecule has 0 spiro atoms. The molecule has 32 heavy (non-hydrogen) atoms. The van der Waals surface area contributed by atoms with Crippen molar-refractivity contribution in [1.29, 1.82) is 0 Å². The van der Waals surface area contributed by atoms with Gasteiger partial charge in [0.05, 0.1) is 15.9 Å². The first-order chi connectivity index (χ1) is 15.3. The molecule has 10 heteroatoms. The molecule has 174 valence electrons. The Balaban J connectivity index is 1.59. The Labute approximate surface area is 188 Å². The maximum Gasteiger partial charge on any atom is 0.243 e. The van der Waals surface area contributed by atoms with E-state index < -0.39 is 25.9 Å². The van der Waals surface area contributed by atoms with Crippen LogP contribution in [0, 0.1) is 5.82 Å². The van der Waals surface area contributed by atoms with Crippen LogP contribution in [-0.4, -0.2) is 57.8 Å². The van der Waals surface area contributed by atoms with Gasteiger partial charge in [-0.3, -0.25) is 0 Å². The van der Waals surface area contributed by atoms with E-state index in [0.29, 0.717) is 25.3 Å². The second-order valence-corrected chi connectivity index (χ2v) is 12.0. The SMILES string of the molecule is O=S(=O)(c1ccc(S(=O)(=O)N(Cc2ccc(F)cc2)CC2CCCO2)cc1)N1CCCC1. The molecular formula is C22H27FN2O5S2. The molecule has 2 heterocycles. The topological polar surface area (TPSA) is 84.0 Å². The minimum absolute atomic E-state index is 0.0120. The average molecular weight is 483 g/mol. The third kappa shape index (κ3) is 5.04. The van der Waals surface area contributed by atoms with Crippen molar-refractivity contribution in [3.8, 4) is 0 Å². The van der Waals surface area contributed by atoms with Crippen molar-refractivity contribution < 1.29 is 26.0 Å². The van der Waals surface area contributed by atoms with Gasteiger partial charge in [-0.15, -0.1) is 0 Å². The first kappa shape index (κ1) is 23.3. The molecule has 7 nitrogen and oxygen atoms in total. The van der Waals surface area contributed by atoms with Crippen molar-refractivity contribution in [1.82, 2.24) is 8.61 Å². The second kappa shape index (κ2) is 9.56. The van der Waals surface area contributed by atoms with Crippen LogP contribution in [-0.2, 0) is 31.3 Å². The van der Waals surface area contributed by atoms with Crippen molar-refractivity contribution in [2.45, 2.75) is 48.1 Å². The molecular weight excluding hydrogens is 455 g/mol. The number of hydrogen-bond donors (Lipinski definition) is 0. The number of ether oxygens (including phenoxy) is 1. The van der Waals surface area contributed by atoms with E-state index in [0.717, 1.165) is 25.7 Å². The highest BCUT2D eigenvalue weighted by molar-refractivity contribution is 7.89. The summed E-state index contributed by atoms with van der Waals surface area (Å²) in [4.78, 5) is 0.0977. The Kier molecular flexibility index (Phi) is 6.97. The molecule has 2 aromatic rings. The average Bonchev–Trinajstić information content (AvgIpc) is 3.49. The first-order valence-electron chi connectivity index (χ1n) is 10.7. The third-order valence-electron chi connectivity index (χ3n) is 5.87. The monoisotopic (exact) mass is 482 g/mol. The lowest BCUT2D eigenvalue weighted by molar-refractivity contribution is 0.0926. The van der Waals surface area contributed by atoms with Gasteiger partial charge in [-0.05, 0) is 67.6 Å². The lowest BCUT2D eigenvalue weighted by Crippen LogP contribution is -2.37. The number of hydrogen-bond acceptors (Lipinski definition) is 5. The number of rotatable bonds is 8. The maximum absolute atomic E-state index is 13.4. The predicted molar refractivity (Wildman–Crippen MR) is 117 cm³/mol. The molecule has 1 atom stereocenters. The molecule has 0 radical (unpaired) electrons. The highest BCUT2D eigenvalue weighted by Crippen LogP contribution is 2.26. The summed E-state index contributed by atoms with van der Waals surface area (Å²) in [6.07, 6.45) is 3.08. The van der Waals surface area contributed by atoms with Gasteiger partial charge in [-0.1, -0.05) is 12.1 Å². The van der Waals surface area contributed by atoms with Gasteiger partial charge in [0.1, 0.15) is 5.82 Å². The standard InChI is InChI=1S/C22H27FN2O5S2/c23-19-7-5-18(6-8-19)16-25(17-20-4-3-15-30-20)32(28,29)22-11-9-21(10-12-22)31(26,27)24-13-1-2-14-24/h5-12,20H,1-4,13-17H2. The van der Waals surface area contributed by atoms with E-state index in [1.807, 2.05) is 0 Å². The largest absolute Gasteiger partial charge is 0.377 e. The van der Waals surface area contributed by atoms with Crippen molar-refractivity contribution in [2.75, 3.05) is 26.2 Å². The normalized spacial score (nSPS) is 20.2. The third-order valence-corrected chi connectivity index (χ3v) is 9.61. The Morgan fingerprint density at radius 2 is 1.53 bits per heavy atom. The van der Waals surface area contributed by atoms with Crippen LogP contribution in [0.15, 0.2) is 58.3 Å². The zero-order valence-corrected chi connectivity index (χ0v) is 19.3. The minimum atomic E-state index is -3.93. The molecule has 0 N–H and O–H groups in total. The van der Waals surface area contributed by atoms with Crippen LogP contribution in [0.2, 0.25) is 0 Å². The van der Waals surface area contributed by atoms with Crippen molar-refractivity contribution >= 4 is 20.0 Å². The Morgan fingerprint density at radius 3 is 2.12 bits per heavy atom. The summed E-state index contributed by atoms with van der Waals surface area (Å²) < 4.78 is 74.1. The summed E-state index contributed by atoms with van der Waals surface area (Å²) in [7, 11) is -7.55. The fraction of sp³-hybridized carbons (Fsp3) is 0.455. The van der Waals surface area contributed by atoms with Gasteiger partial charge in [0, 0.05) is 32.8 Å². The molecule has 4 rings (SSSR count). The Bertz CT molecular complexity index is 1120. The number of sulfonamides is 2. The zero-order chi connectivity index (χ0) is 22.8. The van der Waals surface area contributed by atoms with E-state index in [4.69, 9.17) is 4.74 Å². The predicted octanol–water partition coefficient (Wildman–Crippen LogP) is 2.98. The molecule has 1 unspecified atom stereocenters. The van der Waals surface area contributed by atoms with Crippen LogP contribution >= 0.6 is 0 Å². The van der Waals surface area contributed by atoms with Gasteiger partial charge >= 0.3 is 0 Å². The highest BCUT2D eigenvalue weighted by Gasteiger charge is 2.31. The van der Waals surface area contributed by atoms with Crippen LogP contribution in [0.5, 0.6) is 0 Å². The number of halogens is 1. The lowest BCUT2D eigenvalue weighted by atomic mass is 10.2. The molecule has 0 saturated carbocycles. The van der Waals surface area contributed by atoms with Crippen LogP contribution < -0.4 is 0 Å². The summed E-state index contributed by atoms with van der Waals surface area (Å²) >= 11 is 0. The lowest BCUT2D eigenvalue weighted by Gasteiger charge is -2.25. The minimum Gasteiger partial charge on any atom is -0.377 e. The second-order valence-electron chi connectivity index (χ2n) is 8.14. The summed E-state index contributed by atoms with van der Waals surface area (Å²) in [5, 5.41) is 0. The van der Waals surface area contributed by atoms with Gasteiger partial charge in [-0.25, -0.2) is 21.2 Å². The summed E-state index contributed by atoms with van der Waals surface area (Å²) in [5.74, 6) is -0.392. The highest BCUT2D eigenvalue weighted by atomic mass is 32.2. The van der Waals surface area contributed by atoms with Gasteiger partial charge in [0.25, 0.3) is 0 Å². The Hall–Kier alpha value is -1.85. The molecule has 2 aromatic carbocycles. The fourth-order valence-electron chi connectivity index (χ4n) is 4.07. The van der Waals surface area contributed by atoms with Crippen LogP contribution in [0.25, 0.3) is 0 Å². The van der Waals surface area contributed by atoms with Crippen molar-refractivity contribution in [2.24, 2.45) is 0 Å². The van der Waals surface area contributed by atoms with E-state index in [1.54, 1.807) is 12.1 Å². The van der Waals surface area contributed by atoms with E-state index in [1.165, 1.54) is 45.0 Å². The van der Waals surface area contributed by atoms with E-state index in [9.17, 15) is 21.2 Å². The first-order valence-corrected chi connectivity index (χ1v) is 13.6. The molecule has 0 bridgehead atoms. The smallest absolute Gasteiger partial charge is 0.243 e. The van der Waals surface area contributed by atoms with E-state index in [2.05, 4.69) is 0 Å². The summed E-state index contributed by atoms with van der Waals surface area (Å²) in [5.41, 5.74) is 0.654.